The normalized spacial score (nSPS) is 15.5. The second kappa shape index (κ2) is 7.93. The molecule has 0 amide bonds. The molecule has 0 radical (unpaired) electrons. The maximum absolute atomic E-state index is 13.0. The molecule has 3 rings (SSSR count). The summed E-state index contributed by atoms with van der Waals surface area (Å²) in [7, 11) is 1.69. The van der Waals surface area contributed by atoms with Crippen molar-refractivity contribution in [2.75, 3.05) is 26.7 Å². The van der Waals surface area contributed by atoms with E-state index in [-0.39, 0.29) is 5.82 Å². The minimum atomic E-state index is -0.182. The number of rotatable bonds is 5. The van der Waals surface area contributed by atoms with Crippen LogP contribution in [0.15, 0.2) is 60.7 Å². The molecule has 0 bridgehead atoms. The summed E-state index contributed by atoms with van der Waals surface area (Å²) in [6, 6.07) is 14.8. The lowest BCUT2D eigenvalue weighted by Gasteiger charge is -2.25. The zero-order chi connectivity index (χ0) is 16.8. The molecule has 1 aliphatic rings. The lowest BCUT2D eigenvalue weighted by Crippen LogP contribution is -2.28. The van der Waals surface area contributed by atoms with E-state index >= 15 is 0 Å². The Morgan fingerprint density at radius 3 is 2.62 bits per heavy atom. The highest BCUT2D eigenvalue weighted by Crippen LogP contribution is 2.23. The van der Waals surface area contributed by atoms with Crippen molar-refractivity contribution < 1.29 is 9.13 Å². The number of ether oxygens (including phenoxy) is 1. The van der Waals surface area contributed by atoms with E-state index in [1.807, 2.05) is 30.3 Å². The molecule has 1 aliphatic heterocycles. The highest BCUT2D eigenvalue weighted by Gasteiger charge is 2.11. The molecular weight excluding hydrogens is 301 g/mol. The number of para-hydroxylation sites is 1. The maximum Gasteiger partial charge on any atom is 0.126 e. The maximum atomic E-state index is 13.0. The summed E-state index contributed by atoms with van der Waals surface area (Å²) in [4.78, 5) is 2.39. The first kappa shape index (κ1) is 16.5. The molecule has 3 heteroatoms. The molecule has 0 saturated heterocycles. The predicted molar refractivity (Wildman–Crippen MR) is 97.5 cm³/mol. The first-order valence-electron chi connectivity index (χ1n) is 8.23. The molecule has 0 aromatic heterocycles. The number of nitrogens with zero attached hydrogens (tertiary/aromatic N) is 1. The Morgan fingerprint density at radius 2 is 1.92 bits per heavy atom. The molecule has 0 unspecified atom stereocenters. The fourth-order valence-electron chi connectivity index (χ4n) is 2.94. The van der Waals surface area contributed by atoms with Crippen LogP contribution in [0.5, 0.6) is 5.75 Å². The van der Waals surface area contributed by atoms with Crippen LogP contribution in [0.25, 0.3) is 11.6 Å². The standard InChI is InChI=1S/C21H22FNO/c1-24-21-7-3-2-5-19(21)6-4-14-23-15-12-18(13-16-23)17-8-10-20(22)11-9-17/h2-12H,13-16H2,1H3/b6-4-. The molecule has 0 spiro atoms. The molecule has 0 N–H and O–H groups in total. The zero-order valence-corrected chi connectivity index (χ0v) is 13.9. The van der Waals surface area contributed by atoms with Crippen LogP contribution < -0.4 is 4.74 Å². The molecule has 0 fully saturated rings. The van der Waals surface area contributed by atoms with Crippen LogP contribution in [0.3, 0.4) is 0 Å². The molecule has 2 nitrogen and oxygen atoms in total. The third-order valence-electron chi connectivity index (χ3n) is 4.31. The van der Waals surface area contributed by atoms with Gasteiger partial charge in [0.1, 0.15) is 11.6 Å². The number of halogens is 1. The van der Waals surface area contributed by atoms with Crippen molar-refractivity contribution in [3.8, 4) is 5.75 Å². The number of hydrogen-bond donors (Lipinski definition) is 0. The summed E-state index contributed by atoms with van der Waals surface area (Å²) < 4.78 is 18.4. The van der Waals surface area contributed by atoms with E-state index in [2.05, 4.69) is 29.2 Å². The lowest BCUT2D eigenvalue weighted by molar-refractivity contribution is 0.335. The Balaban J connectivity index is 1.57. The van der Waals surface area contributed by atoms with E-state index in [1.165, 1.54) is 17.7 Å². The van der Waals surface area contributed by atoms with Gasteiger partial charge in [-0.3, -0.25) is 4.90 Å². The average Bonchev–Trinajstić information content (AvgIpc) is 2.63. The van der Waals surface area contributed by atoms with Gasteiger partial charge in [0.15, 0.2) is 0 Å². The molecule has 0 aliphatic carbocycles. The van der Waals surface area contributed by atoms with Gasteiger partial charge >= 0.3 is 0 Å². The summed E-state index contributed by atoms with van der Waals surface area (Å²) in [6.45, 7) is 2.84. The van der Waals surface area contributed by atoms with Gasteiger partial charge in [0.25, 0.3) is 0 Å². The van der Waals surface area contributed by atoms with Crippen molar-refractivity contribution in [3.63, 3.8) is 0 Å². The van der Waals surface area contributed by atoms with Crippen LogP contribution in [0.2, 0.25) is 0 Å². The summed E-state index contributed by atoms with van der Waals surface area (Å²) in [5, 5.41) is 0. The van der Waals surface area contributed by atoms with Crippen LogP contribution in [-0.4, -0.2) is 31.6 Å². The van der Waals surface area contributed by atoms with Gasteiger partial charge in [-0.2, -0.15) is 0 Å². The summed E-state index contributed by atoms with van der Waals surface area (Å²) in [5.74, 6) is 0.712. The molecule has 24 heavy (non-hydrogen) atoms. The van der Waals surface area contributed by atoms with Crippen molar-refractivity contribution >= 4 is 11.6 Å². The molecule has 0 saturated carbocycles. The van der Waals surface area contributed by atoms with E-state index in [0.717, 1.165) is 42.9 Å². The largest absolute Gasteiger partial charge is 0.496 e. The molecule has 124 valence electrons. The van der Waals surface area contributed by atoms with Crippen LogP contribution in [0.1, 0.15) is 17.5 Å². The third-order valence-corrected chi connectivity index (χ3v) is 4.31. The lowest BCUT2D eigenvalue weighted by atomic mass is 9.99. The fraction of sp³-hybridized carbons (Fsp3) is 0.238. The van der Waals surface area contributed by atoms with Crippen LogP contribution in [-0.2, 0) is 0 Å². The van der Waals surface area contributed by atoms with Crippen LogP contribution in [0.4, 0.5) is 4.39 Å². The van der Waals surface area contributed by atoms with E-state index in [0.29, 0.717) is 0 Å². The monoisotopic (exact) mass is 323 g/mol. The SMILES string of the molecule is COc1ccccc1/C=C\CN1CC=C(c2ccc(F)cc2)CC1. The van der Waals surface area contributed by atoms with Crippen molar-refractivity contribution in [3.05, 3.63) is 77.6 Å². The Labute approximate surface area is 142 Å². The molecule has 2 aromatic rings. The molecule has 2 aromatic carbocycles. The summed E-state index contributed by atoms with van der Waals surface area (Å²) in [6.07, 6.45) is 7.52. The Bertz CT molecular complexity index is 734. The Hall–Kier alpha value is -2.39. The Morgan fingerprint density at radius 1 is 1.12 bits per heavy atom. The van der Waals surface area contributed by atoms with Crippen LogP contribution in [0, 0.1) is 5.82 Å². The molecule has 1 heterocycles. The van der Waals surface area contributed by atoms with Crippen molar-refractivity contribution in [2.24, 2.45) is 0 Å². The number of methoxy groups -OCH3 is 1. The van der Waals surface area contributed by atoms with E-state index in [4.69, 9.17) is 4.74 Å². The smallest absolute Gasteiger partial charge is 0.126 e. The zero-order valence-electron chi connectivity index (χ0n) is 13.9. The quantitative estimate of drug-likeness (QED) is 0.795. The van der Waals surface area contributed by atoms with Crippen molar-refractivity contribution in [1.82, 2.24) is 4.90 Å². The van der Waals surface area contributed by atoms with Gasteiger partial charge in [-0.25, -0.2) is 4.39 Å². The summed E-state index contributed by atoms with van der Waals surface area (Å²) >= 11 is 0. The van der Waals surface area contributed by atoms with Gasteiger partial charge in [-0.05, 0) is 35.8 Å². The number of benzene rings is 2. The van der Waals surface area contributed by atoms with Gasteiger partial charge in [-0.15, -0.1) is 0 Å². The molecule has 0 atom stereocenters. The van der Waals surface area contributed by atoms with Gasteiger partial charge in [0, 0.05) is 25.2 Å². The minimum Gasteiger partial charge on any atom is -0.496 e. The topological polar surface area (TPSA) is 12.5 Å². The second-order valence-electron chi connectivity index (χ2n) is 5.89. The van der Waals surface area contributed by atoms with E-state index in [9.17, 15) is 4.39 Å². The number of hydrogen-bond acceptors (Lipinski definition) is 2. The van der Waals surface area contributed by atoms with Gasteiger partial charge in [-0.1, -0.05) is 48.6 Å². The highest BCUT2D eigenvalue weighted by molar-refractivity contribution is 5.66. The second-order valence-corrected chi connectivity index (χ2v) is 5.89. The van der Waals surface area contributed by atoms with Crippen LogP contribution >= 0.6 is 0 Å². The van der Waals surface area contributed by atoms with Gasteiger partial charge < -0.3 is 4.74 Å². The minimum absolute atomic E-state index is 0.182. The fourth-order valence-corrected chi connectivity index (χ4v) is 2.94. The van der Waals surface area contributed by atoms with Gasteiger partial charge in [0.2, 0.25) is 0 Å². The average molecular weight is 323 g/mol. The first-order valence-corrected chi connectivity index (χ1v) is 8.23. The van der Waals surface area contributed by atoms with Gasteiger partial charge in [0.05, 0.1) is 7.11 Å². The Kier molecular flexibility index (Phi) is 5.44. The van der Waals surface area contributed by atoms with Crippen molar-refractivity contribution in [2.45, 2.75) is 6.42 Å². The van der Waals surface area contributed by atoms with E-state index in [1.54, 1.807) is 7.11 Å². The van der Waals surface area contributed by atoms with E-state index < -0.39 is 0 Å². The van der Waals surface area contributed by atoms with Crippen molar-refractivity contribution in [1.29, 1.82) is 0 Å². The first-order chi connectivity index (χ1) is 11.8. The third kappa shape index (κ3) is 4.12. The predicted octanol–water partition coefficient (Wildman–Crippen LogP) is 4.64. The molecular formula is C21H22FNO. The summed E-state index contributed by atoms with van der Waals surface area (Å²) in [5.41, 5.74) is 3.53. The highest BCUT2D eigenvalue weighted by atomic mass is 19.1.